The molecule has 0 bridgehead atoms. The maximum atomic E-state index is 13.5. The molecule has 0 saturated carbocycles. The highest BCUT2D eigenvalue weighted by molar-refractivity contribution is 5.41. The van der Waals surface area contributed by atoms with Crippen LogP contribution in [0, 0.1) is 12.7 Å². The third-order valence-corrected chi connectivity index (χ3v) is 4.04. The van der Waals surface area contributed by atoms with Crippen molar-refractivity contribution < 1.29 is 9.13 Å². The summed E-state index contributed by atoms with van der Waals surface area (Å²) in [7, 11) is 0. The van der Waals surface area contributed by atoms with Gasteiger partial charge in [0.15, 0.2) is 0 Å². The molecule has 1 aliphatic heterocycles. The fourth-order valence-electron chi connectivity index (χ4n) is 2.93. The average Bonchev–Trinajstić information content (AvgIpc) is 2.48. The van der Waals surface area contributed by atoms with Gasteiger partial charge in [0.2, 0.25) is 0 Å². The van der Waals surface area contributed by atoms with Crippen LogP contribution in [-0.2, 0) is 0 Å². The summed E-state index contributed by atoms with van der Waals surface area (Å²) in [4.78, 5) is 0. The van der Waals surface area contributed by atoms with Gasteiger partial charge in [-0.1, -0.05) is 24.3 Å². The average molecular weight is 271 g/mol. The number of aryl methyl sites for hydroxylation is 1. The first kappa shape index (κ1) is 13.1. The minimum absolute atomic E-state index is 0.167. The summed E-state index contributed by atoms with van der Waals surface area (Å²) in [5.41, 5.74) is 9.46. The van der Waals surface area contributed by atoms with Gasteiger partial charge in [-0.05, 0) is 48.2 Å². The molecule has 2 aromatic rings. The monoisotopic (exact) mass is 271 g/mol. The first-order chi connectivity index (χ1) is 9.66. The van der Waals surface area contributed by atoms with Gasteiger partial charge in [-0.15, -0.1) is 0 Å². The van der Waals surface area contributed by atoms with Gasteiger partial charge in [0, 0.05) is 12.0 Å². The quantitative estimate of drug-likeness (QED) is 0.904. The van der Waals surface area contributed by atoms with Crippen LogP contribution in [0.4, 0.5) is 4.39 Å². The Morgan fingerprint density at radius 3 is 2.90 bits per heavy atom. The highest BCUT2D eigenvalue weighted by atomic mass is 19.1. The first-order valence-corrected chi connectivity index (χ1v) is 6.90. The molecule has 0 saturated heterocycles. The van der Waals surface area contributed by atoms with Crippen LogP contribution in [0.2, 0.25) is 0 Å². The molecule has 0 aromatic heterocycles. The zero-order valence-electron chi connectivity index (χ0n) is 11.5. The Morgan fingerprint density at radius 2 is 2.05 bits per heavy atom. The van der Waals surface area contributed by atoms with Crippen molar-refractivity contribution in [3.8, 4) is 5.75 Å². The fourth-order valence-corrected chi connectivity index (χ4v) is 2.93. The van der Waals surface area contributed by atoms with Crippen molar-refractivity contribution in [1.82, 2.24) is 0 Å². The summed E-state index contributed by atoms with van der Waals surface area (Å²) in [6.07, 6.45) is 0.855. The Kier molecular flexibility index (Phi) is 3.45. The molecule has 0 aliphatic carbocycles. The van der Waals surface area contributed by atoms with Crippen LogP contribution in [-0.4, -0.2) is 6.61 Å². The van der Waals surface area contributed by atoms with Crippen LogP contribution in [0.1, 0.15) is 35.1 Å². The normalized spacial score (nSPS) is 19.1. The van der Waals surface area contributed by atoms with Crippen molar-refractivity contribution in [3.63, 3.8) is 0 Å². The minimum atomic E-state index is -0.235. The maximum Gasteiger partial charge on any atom is 0.123 e. The number of hydrogen-bond acceptors (Lipinski definition) is 2. The summed E-state index contributed by atoms with van der Waals surface area (Å²) in [5.74, 6) is 0.829. The molecule has 2 N–H and O–H groups in total. The molecule has 0 amide bonds. The molecule has 3 heteroatoms. The van der Waals surface area contributed by atoms with Crippen LogP contribution < -0.4 is 10.5 Å². The summed E-state index contributed by atoms with van der Waals surface area (Å²) in [6, 6.07) is 12.6. The van der Waals surface area contributed by atoms with Crippen LogP contribution in [0.25, 0.3) is 0 Å². The van der Waals surface area contributed by atoms with Gasteiger partial charge in [-0.3, -0.25) is 0 Å². The Labute approximate surface area is 118 Å². The van der Waals surface area contributed by atoms with Crippen LogP contribution in [0.3, 0.4) is 0 Å². The number of para-hydroxylation sites is 1. The van der Waals surface area contributed by atoms with Gasteiger partial charge in [-0.2, -0.15) is 0 Å². The lowest BCUT2D eigenvalue weighted by Crippen LogP contribution is -2.26. The number of halogens is 1. The van der Waals surface area contributed by atoms with E-state index in [-0.39, 0.29) is 17.8 Å². The van der Waals surface area contributed by atoms with Crippen molar-refractivity contribution in [1.29, 1.82) is 0 Å². The van der Waals surface area contributed by atoms with E-state index in [0.29, 0.717) is 6.61 Å². The van der Waals surface area contributed by atoms with Crippen molar-refractivity contribution in [2.45, 2.75) is 25.3 Å². The van der Waals surface area contributed by atoms with Crippen molar-refractivity contribution in [2.24, 2.45) is 5.73 Å². The number of hydrogen-bond donors (Lipinski definition) is 1. The van der Waals surface area contributed by atoms with Gasteiger partial charge in [-0.25, -0.2) is 4.39 Å². The second-order valence-electron chi connectivity index (χ2n) is 5.31. The number of benzene rings is 2. The summed E-state index contributed by atoms with van der Waals surface area (Å²) >= 11 is 0. The van der Waals surface area contributed by atoms with E-state index in [1.807, 2.05) is 31.2 Å². The summed E-state index contributed by atoms with van der Waals surface area (Å²) in [5, 5.41) is 0. The highest BCUT2D eigenvalue weighted by Gasteiger charge is 2.28. The topological polar surface area (TPSA) is 35.2 Å². The molecule has 0 radical (unpaired) electrons. The van der Waals surface area contributed by atoms with Crippen molar-refractivity contribution in [3.05, 3.63) is 65.0 Å². The highest BCUT2D eigenvalue weighted by Crippen LogP contribution is 2.40. The second-order valence-corrected chi connectivity index (χ2v) is 5.31. The number of rotatable bonds is 2. The van der Waals surface area contributed by atoms with E-state index >= 15 is 0 Å². The van der Waals surface area contributed by atoms with Gasteiger partial charge in [0.05, 0.1) is 6.61 Å². The Bertz CT molecular complexity index is 626. The largest absolute Gasteiger partial charge is 0.493 e. The van der Waals surface area contributed by atoms with Crippen molar-refractivity contribution >= 4 is 0 Å². The standard InChI is InChI=1S/C17H18FNO/c1-11-6-7-12(18)10-15(11)17(19)14-8-9-20-16-5-3-2-4-13(14)16/h2-7,10,14,17H,8-9,19H2,1H3. The zero-order valence-corrected chi connectivity index (χ0v) is 11.5. The molecule has 3 rings (SSSR count). The molecule has 2 unspecified atom stereocenters. The van der Waals surface area contributed by atoms with E-state index in [1.165, 1.54) is 6.07 Å². The van der Waals surface area contributed by atoms with Crippen LogP contribution >= 0.6 is 0 Å². The van der Waals surface area contributed by atoms with Crippen LogP contribution in [0.5, 0.6) is 5.75 Å². The van der Waals surface area contributed by atoms with Gasteiger partial charge in [0.25, 0.3) is 0 Å². The third-order valence-electron chi connectivity index (χ3n) is 4.04. The van der Waals surface area contributed by atoms with E-state index in [1.54, 1.807) is 12.1 Å². The van der Waals surface area contributed by atoms with Crippen molar-refractivity contribution in [2.75, 3.05) is 6.61 Å². The van der Waals surface area contributed by atoms with E-state index in [4.69, 9.17) is 10.5 Å². The van der Waals surface area contributed by atoms with Crippen LogP contribution in [0.15, 0.2) is 42.5 Å². The van der Waals surface area contributed by atoms with E-state index in [0.717, 1.165) is 28.9 Å². The van der Waals surface area contributed by atoms with Gasteiger partial charge < -0.3 is 10.5 Å². The Morgan fingerprint density at radius 1 is 1.25 bits per heavy atom. The fraction of sp³-hybridized carbons (Fsp3) is 0.294. The molecule has 20 heavy (non-hydrogen) atoms. The number of ether oxygens (including phenoxy) is 1. The molecule has 2 atom stereocenters. The lowest BCUT2D eigenvalue weighted by atomic mass is 9.82. The molecular formula is C17H18FNO. The first-order valence-electron chi connectivity index (χ1n) is 6.90. The molecule has 1 aliphatic rings. The molecular weight excluding hydrogens is 253 g/mol. The van der Waals surface area contributed by atoms with E-state index in [9.17, 15) is 4.39 Å². The summed E-state index contributed by atoms with van der Waals surface area (Å²) in [6.45, 7) is 2.63. The SMILES string of the molecule is Cc1ccc(F)cc1C(N)C1CCOc2ccccc21. The molecule has 2 aromatic carbocycles. The van der Waals surface area contributed by atoms with E-state index in [2.05, 4.69) is 0 Å². The van der Waals surface area contributed by atoms with Gasteiger partial charge in [0.1, 0.15) is 11.6 Å². The smallest absolute Gasteiger partial charge is 0.123 e. The number of nitrogens with two attached hydrogens (primary N) is 1. The molecule has 104 valence electrons. The second kappa shape index (κ2) is 5.25. The minimum Gasteiger partial charge on any atom is -0.493 e. The molecule has 2 nitrogen and oxygen atoms in total. The maximum absolute atomic E-state index is 13.5. The predicted octanol–water partition coefficient (Wildman–Crippen LogP) is 3.70. The molecule has 0 fully saturated rings. The van der Waals surface area contributed by atoms with Gasteiger partial charge >= 0.3 is 0 Å². The Balaban J connectivity index is 1.99. The lowest BCUT2D eigenvalue weighted by molar-refractivity contribution is 0.255. The predicted molar refractivity (Wildman–Crippen MR) is 77.4 cm³/mol. The van der Waals surface area contributed by atoms with E-state index < -0.39 is 0 Å². The zero-order chi connectivity index (χ0) is 14.1. The molecule has 0 spiro atoms. The number of fused-ring (bicyclic) bond motifs is 1. The Hall–Kier alpha value is -1.87. The molecule has 1 heterocycles. The lowest BCUT2D eigenvalue weighted by Gasteiger charge is -2.31. The summed E-state index contributed by atoms with van der Waals surface area (Å²) < 4.78 is 19.2. The third kappa shape index (κ3) is 2.29.